The van der Waals surface area contributed by atoms with Crippen molar-refractivity contribution in [1.82, 2.24) is 9.97 Å². The lowest BCUT2D eigenvalue weighted by atomic mass is 9.88. The third kappa shape index (κ3) is 1.96. The summed E-state index contributed by atoms with van der Waals surface area (Å²) in [6.45, 7) is 0. The quantitative estimate of drug-likeness (QED) is 0.605. The number of ether oxygens (including phenoxy) is 1. The molecular formula is C12H10N2O3. The fourth-order valence-electron chi connectivity index (χ4n) is 1.70. The number of hydrogen-bond donors (Lipinski definition) is 1. The molecule has 17 heavy (non-hydrogen) atoms. The lowest BCUT2D eigenvalue weighted by molar-refractivity contribution is -0.135. The summed E-state index contributed by atoms with van der Waals surface area (Å²) in [5.74, 6) is 1.45. The third-order valence-electron chi connectivity index (χ3n) is 2.50. The van der Waals surface area contributed by atoms with E-state index in [4.69, 9.17) is 0 Å². The number of aromatic nitrogens is 2. The Hall–Kier alpha value is -2.39. The van der Waals surface area contributed by atoms with E-state index in [0.717, 1.165) is 0 Å². The Morgan fingerprint density at radius 2 is 2.41 bits per heavy atom. The number of hydrogen-bond acceptors (Lipinski definition) is 4. The molecule has 0 aromatic carbocycles. The van der Waals surface area contributed by atoms with Crippen molar-refractivity contribution < 1.29 is 14.3 Å². The maximum Gasteiger partial charge on any atom is 0.338 e. The van der Waals surface area contributed by atoms with Gasteiger partial charge in [0.1, 0.15) is 11.8 Å². The predicted molar refractivity (Wildman–Crippen MR) is 59.8 cm³/mol. The number of aromatic amines is 1. The number of carbonyl (C=O) groups is 1. The summed E-state index contributed by atoms with van der Waals surface area (Å²) in [5, 5.41) is 0. The highest BCUT2D eigenvalue weighted by Gasteiger charge is 2.27. The van der Waals surface area contributed by atoms with E-state index in [1.165, 1.54) is 13.2 Å². The number of nitrogens with one attached hydrogen (secondary N) is 1. The van der Waals surface area contributed by atoms with Gasteiger partial charge in [0, 0.05) is 12.4 Å². The molecule has 5 nitrogen and oxygen atoms in total. The maximum atomic E-state index is 11.5. The van der Waals surface area contributed by atoms with Gasteiger partial charge in [0.05, 0.1) is 24.2 Å². The van der Waals surface area contributed by atoms with E-state index >= 15 is 0 Å². The number of esters is 1. The van der Waals surface area contributed by atoms with Crippen LogP contribution >= 0.6 is 0 Å². The van der Waals surface area contributed by atoms with E-state index in [0.29, 0.717) is 5.82 Å². The van der Waals surface area contributed by atoms with Crippen LogP contribution in [0.2, 0.25) is 0 Å². The summed E-state index contributed by atoms with van der Waals surface area (Å²) >= 11 is 0. The van der Waals surface area contributed by atoms with E-state index in [-0.39, 0.29) is 17.1 Å². The number of carbonyl (C=O) groups excluding carboxylic acids is 2. The van der Waals surface area contributed by atoms with Gasteiger partial charge in [-0.05, 0) is 6.08 Å². The fourth-order valence-corrected chi connectivity index (χ4v) is 1.70. The van der Waals surface area contributed by atoms with E-state index in [1.54, 1.807) is 30.5 Å². The molecule has 1 aromatic rings. The van der Waals surface area contributed by atoms with Gasteiger partial charge in [-0.1, -0.05) is 12.2 Å². The topological polar surface area (TPSA) is 72.0 Å². The van der Waals surface area contributed by atoms with E-state index in [9.17, 15) is 9.59 Å². The average molecular weight is 230 g/mol. The van der Waals surface area contributed by atoms with Gasteiger partial charge < -0.3 is 9.72 Å². The first-order chi connectivity index (χ1) is 8.27. The van der Waals surface area contributed by atoms with Gasteiger partial charge in [-0.25, -0.2) is 14.6 Å². The largest absolute Gasteiger partial charge is 0.465 e. The minimum absolute atomic E-state index is 0.214. The van der Waals surface area contributed by atoms with Crippen molar-refractivity contribution in [2.75, 3.05) is 7.11 Å². The summed E-state index contributed by atoms with van der Waals surface area (Å²) in [6, 6.07) is 0. The van der Waals surface area contributed by atoms with Crippen molar-refractivity contribution in [3.05, 3.63) is 47.6 Å². The Morgan fingerprint density at radius 1 is 1.59 bits per heavy atom. The molecule has 1 heterocycles. The van der Waals surface area contributed by atoms with E-state index in [1.807, 2.05) is 0 Å². The number of methoxy groups -OCH3 is 1. The zero-order valence-corrected chi connectivity index (χ0v) is 9.14. The van der Waals surface area contributed by atoms with Crippen molar-refractivity contribution in [3.63, 3.8) is 0 Å². The lowest BCUT2D eigenvalue weighted by Crippen LogP contribution is -2.15. The molecule has 1 aromatic heterocycles. The Labute approximate surface area is 97.5 Å². The standard InChI is InChI=1S/C12H10N2O3/c1-17-12(16)9-4-2-3-8(10(9)7-15)11-13-5-6-14-11/h2-6,8H,1H3,(H,13,14). The minimum atomic E-state index is -0.552. The number of imidazole rings is 1. The molecule has 0 saturated heterocycles. The normalized spacial score (nSPS) is 18.5. The van der Waals surface area contributed by atoms with Crippen LogP contribution < -0.4 is 0 Å². The predicted octanol–water partition coefficient (Wildman–Crippen LogP) is 0.920. The van der Waals surface area contributed by atoms with Crippen molar-refractivity contribution in [1.29, 1.82) is 0 Å². The molecule has 0 spiro atoms. The Kier molecular flexibility index (Phi) is 3.03. The molecule has 0 amide bonds. The maximum absolute atomic E-state index is 11.5. The zero-order valence-electron chi connectivity index (χ0n) is 9.14. The molecule has 0 aliphatic heterocycles. The van der Waals surface area contributed by atoms with E-state index in [2.05, 4.69) is 14.7 Å². The highest BCUT2D eigenvalue weighted by Crippen LogP contribution is 2.30. The molecule has 5 heteroatoms. The van der Waals surface area contributed by atoms with Crippen LogP contribution in [0.15, 0.2) is 41.8 Å². The van der Waals surface area contributed by atoms with E-state index < -0.39 is 5.97 Å². The van der Waals surface area contributed by atoms with Crippen LogP contribution in [-0.4, -0.2) is 29.0 Å². The molecule has 0 fully saturated rings. The number of H-pyrrole nitrogens is 1. The van der Waals surface area contributed by atoms with Crippen LogP contribution in [0.25, 0.3) is 0 Å². The van der Waals surface area contributed by atoms with Gasteiger partial charge in [0.15, 0.2) is 0 Å². The first-order valence-electron chi connectivity index (χ1n) is 4.99. The van der Waals surface area contributed by atoms with Crippen LogP contribution in [-0.2, 0) is 14.3 Å². The van der Waals surface area contributed by atoms with Crippen LogP contribution in [0.4, 0.5) is 0 Å². The third-order valence-corrected chi connectivity index (χ3v) is 2.50. The van der Waals surface area contributed by atoms with Crippen molar-refractivity contribution in [3.8, 4) is 0 Å². The Bertz CT molecular complexity index is 534. The smallest absolute Gasteiger partial charge is 0.338 e. The monoisotopic (exact) mass is 230 g/mol. The van der Waals surface area contributed by atoms with Crippen LogP contribution in [0.5, 0.6) is 0 Å². The molecule has 1 unspecified atom stereocenters. The number of nitrogens with zero attached hydrogens (tertiary/aromatic N) is 1. The highest BCUT2D eigenvalue weighted by molar-refractivity contribution is 5.98. The van der Waals surface area contributed by atoms with Gasteiger partial charge in [-0.3, -0.25) is 0 Å². The number of rotatable bonds is 2. The molecule has 86 valence electrons. The Balaban J connectivity index is 2.41. The van der Waals surface area contributed by atoms with Gasteiger partial charge in [0.2, 0.25) is 0 Å². The van der Waals surface area contributed by atoms with Crippen LogP contribution in [0, 0.1) is 0 Å². The van der Waals surface area contributed by atoms with Crippen LogP contribution in [0.1, 0.15) is 11.7 Å². The molecule has 1 aliphatic carbocycles. The first-order valence-corrected chi connectivity index (χ1v) is 4.99. The molecule has 1 aliphatic rings. The Morgan fingerprint density at radius 3 is 3.00 bits per heavy atom. The minimum Gasteiger partial charge on any atom is -0.465 e. The first kappa shape index (κ1) is 11.1. The molecular weight excluding hydrogens is 220 g/mol. The molecule has 1 atom stereocenters. The van der Waals surface area contributed by atoms with Gasteiger partial charge in [0.25, 0.3) is 0 Å². The number of allylic oxidation sites excluding steroid dienone is 3. The summed E-state index contributed by atoms with van der Waals surface area (Å²) in [6.07, 6.45) is 8.24. The second-order valence-electron chi connectivity index (χ2n) is 3.42. The molecule has 0 bridgehead atoms. The van der Waals surface area contributed by atoms with Crippen molar-refractivity contribution in [2.45, 2.75) is 5.92 Å². The van der Waals surface area contributed by atoms with Gasteiger partial charge in [-0.2, -0.15) is 0 Å². The van der Waals surface area contributed by atoms with Gasteiger partial charge >= 0.3 is 5.97 Å². The average Bonchev–Trinajstić information content (AvgIpc) is 2.90. The SMILES string of the molecule is COC(=O)C1=CC=CC(c2ncc[nH]2)C1=C=O. The zero-order chi connectivity index (χ0) is 12.3. The molecule has 0 saturated carbocycles. The van der Waals surface area contributed by atoms with Crippen LogP contribution in [0.3, 0.4) is 0 Å². The second-order valence-corrected chi connectivity index (χ2v) is 3.42. The fraction of sp³-hybridized carbons (Fsp3) is 0.167. The summed E-state index contributed by atoms with van der Waals surface area (Å²) < 4.78 is 4.62. The molecule has 0 radical (unpaired) electrons. The highest BCUT2D eigenvalue weighted by atomic mass is 16.5. The summed E-state index contributed by atoms with van der Waals surface area (Å²) in [4.78, 5) is 29.5. The lowest BCUT2D eigenvalue weighted by Gasteiger charge is -2.16. The van der Waals surface area contributed by atoms with Crippen molar-refractivity contribution in [2.24, 2.45) is 0 Å². The second kappa shape index (κ2) is 4.63. The molecule has 2 rings (SSSR count). The van der Waals surface area contributed by atoms with Crippen molar-refractivity contribution >= 4 is 11.9 Å². The van der Waals surface area contributed by atoms with Gasteiger partial charge in [-0.15, -0.1) is 0 Å². The molecule has 1 N–H and O–H groups in total. The summed E-state index contributed by atoms with van der Waals surface area (Å²) in [5.41, 5.74) is 0.445. The summed E-state index contributed by atoms with van der Waals surface area (Å²) in [7, 11) is 1.27.